The molecule has 114 valence electrons. The second-order valence-corrected chi connectivity index (χ2v) is 7.44. The van der Waals surface area contributed by atoms with Gasteiger partial charge in [-0.2, -0.15) is 0 Å². The molecular weight excluding hydrogens is 276 g/mol. The summed E-state index contributed by atoms with van der Waals surface area (Å²) in [4.78, 5) is 6.27. The monoisotopic (exact) mass is 302 g/mol. The number of rotatable bonds is 6. The van der Waals surface area contributed by atoms with Crippen LogP contribution in [-0.4, -0.2) is 11.0 Å². The molecule has 1 aromatic heterocycles. The first-order valence-electron chi connectivity index (χ1n) is 7.73. The SMILES string of the molecule is Cc1ccc(Cc2nc(C(C)C)c(CNC(C)C)s2)cc1. The minimum Gasteiger partial charge on any atom is -0.310 e. The van der Waals surface area contributed by atoms with Crippen molar-refractivity contribution >= 4 is 11.3 Å². The van der Waals surface area contributed by atoms with Gasteiger partial charge in [0.1, 0.15) is 0 Å². The average molecular weight is 302 g/mol. The fraction of sp³-hybridized carbons (Fsp3) is 0.500. The van der Waals surface area contributed by atoms with Crippen LogP contribution < -0.4 is 5.32 Å². The van der Waals surface area contributed by atoms with Crippen molar-refractivity contribution < 1.29 is 0 Å². The zero-order valence-electron chi connectivity index (χ0n) is 13.7. The van der Waals surface area contributed by atoms with E-state index in [1.54, 1.807) is 0 Å². The van der Waals surface area contributed by atoms with Gasteiger partial charge in [-0.15, -0.1) is 11.3 Å². The predicted molar refractivity (Wildman–Crippen MR) is 92.2 cm³/mol. The molecule has 21 heavy (non-hydrogen) atoms. The molecule has 0 radical (unpaired) electrons. The van der Waals surface area contributed by atoms with Gasteiger partial charge in [0.25, 0.3) is 0 Å². The van der Waals surface area contributed by atoms with Gasteiger partial charge in [0, 0.05) is 23.9 Å². The van der Waals surface area contributed by atoms with E-state index in [1.165, 1.54) is 26.7 Å². The van der Waals surface area contributed by atoms with Crippen molar-refractivity contribution in [1.82, 2.24) is 10.3 Å². The van der Waals surface area contributed by atoms with Crippen molar-refractivity contribution in [3.8, 4) is 0 Å². The summed E-state index contributed by atoms with van der Waals surface area (Å²) in [6.45, 7) is 11.9. The summed E-state index contributed by atoms with van der Waals surface area (Å²) in [7, 11) is 0. The van der Waals surface area contributed by atoms with Crippen molar-refractivity contribution in [3.05, 3.63) is 51.0 Å². The molecule has 0 unspecified atom stereocenters. The lowest BCUT2D eigenvalue weighted by molar-refractivity contribution is 0.588. The molecule has 2 aromatic rings. The molecular formula is C18H26N2S. The van der Waals surface area contributed by atoms with E-state index in [1.807, 2.05) is 11.3 Å². The second-order valence-electron chi connectivity index (χ2n) is 6.27. The topological polar surface area (TPSA) is 24.9 Å². The summed E-state index contributed by atoms with van der Waals surface area (Å²) in [6, 6.07) is 9.27. The average Bonchev–Trinajstić information content (AvgIpc) is 2.82. The van der Waals surface area contributed by atoms with Gasteiger partial charge in [0.2, 0.25) is 0 Å². The molecule has 0 bridgehead atoms. The summed E-state index contributed by atoms with van der Waals surface area (Å²) < 4.78 is 0. The normalized spacial score (nSPS) is 11.6. The minimum absolute atomic E-state index is 0.483. The van der Waals surface area contributed by atoms with Crippen molar-refractivity contribution in [3.63, 3.8) is 0 Å². The highest BCUT2D eigenvalue weighted by atomic mass is 32.1. The van der Waals surface area contributed by atoms with Crippen LogP contribution in [0.15, 0.2) is 24.3 Å². The predicted octanol–water partition coefficient (Wildman–Crippen LogP) is 4.66. The van der Waals surface area contributed by atoms with Crippen LogP contribution in [0.3, 0.4) is 0 Å². The van der Waals surface area contributed by atoms with E-state index >= 15 is 0 Å². The Kier molecular flexibility index (Phi) is 5.54. The van der Waals surface area contributed by atoms with Crippen LogP contribution in [0.5, 0.6) is 0 Å². The minimum atomic E-state index is 0.483. The summed E-state index contributed by atoms with van der Waals surface area (Å²) in [5, 5.41) is 4.74. The zero-order chi connectivity index (χ0) is 15.4. The van der Waals surface area contributed by atoms with E-state index in [-0.39, 0.29) is 0 Å². The van der Waals surface area contributed by atoms with Crippen molar-refractivity contribution in [2.75, 3.05) is 0 Å². The zero-order valence-corrected chi connectivity index (χ0v) is 14.6. The van der Waals surface area contributed by atoms with Crippen molar-refractivity contribution in [2.24, 2.45) is 0 Å². The van der Waals surface area contributed by atoms with E-state index in [0.717, 1.165) is 13.0 Å². The standard InChI is InChI=1S/C18H26N2S/c1-12(2)18-16(11-19-13(3)4)21-17(20-18)10-15-8-6-14(5)7-9-15/h6-9,12-13,19H,10-11H2,1-5H3. The number of nitrogens with one attached hydrogen (secondary N) is 1. The van der Waals surface area contributed by atoms with Crippen molar-refractivity contribution in [2.45, 2.75) is 59.5 Å². The van der Waals surface area contributed by atoms with Crippen LogP contribution in [0.1, 0.15) is 60.3 Å². The van der Waals surface area contributed by atoms with E-state index < -0.39 is 0 Å². The summed E-state index contributed by atoms with van der Waals surface area (Å²) in [6.07, 6.45) is 0.937. The number of hydrogen-bond acceptors (Lipinski definition) is 3. The molecule has 0 fully saturated rings. The summed E-state index contributed by atoms with van der Waals surface area (Å²) in [5.74, 6) is 0.483. The number of nitrogens with zero attached hydrogens (tertiary/aromatic N) is 1. The number of hydrogen-bond donors (Lipinski definition) is 1. The molecule has 2 nitrogen and oxygen atoms in total. The maximum atomic E-state index is 4.88. The molecule has 0 atom stereocenters. The summed E-state index contributed by atoms with van der Waals surface area (Å²) >= 11 is 1.86. The highest BCUT2D eigenvalue weighted by molar-refractivity contribution is 7.11. The van der Waals surface area contributed by atoms with Crippen LogP contribution in [0.2, 0.25) is 0 Å². The first-order chi connectivity index (χ1) is 9.95. The van der Waals surface area contributed by atoms with E-state index in [2.05, 4.69) is 64.2 Å². The third-order valence-electron chi connectivity index (χ3n) is 3.47. The first kappa shape index (κ1) is 16.2. The Labute approximate surface area is 132 Å². The van der Waals surface area contributed by atoms with Crippen LogP contribution in [0.25, 0.3) is 0 Å². The van der Waals surface area contributed by atoms with E-state index in [0.29, 0.717) is 12.0 Å². The van der Waals surface area contributed by atoms with Crippen LogP contribution in [0, 0.1) is 6.92 Å². The van der Waals surface area contributed by atoms with Gasteiger partial charge in [-0.3, -0.25) is 0 Å². The van der Waals surface area contributed by atoms with Gasteiger partial charge in [-0.05, 0) is 18.4 Å². The molecule has 0 aliphatic rings. The Hall–Kier alpha value is -1.19. The molecule has 0 aliphatic heterocycles. The lowest BCUT2D eigenvalue weighted by Crippen LogP contribution is -2.22. The summed E-state index contributed by atoms with van der Waals surface area (Å²) in [5.41, 5.74) is 3.91. The van der Waals surface area contributed by atoms with E-state index in [4.69, 9.17) is 4.98 Å². The highest BCUT2D eigenvalue weighted by Gasteiger charge is 2.14. The molecule has 1 aromatic carbocycles. The quantitative estimate of drug-likeness (QED) is 0.839. The third kappa shape index (κ3) is 4.65. The number of aromatic nitrogens is 1. The Balaban J connectivity index is 2.16. The van der Waals surface area contributed by atoms with Crippen LogP contribution >= 0.6 is 11.3 Å². The lowest BCUT2D eigenvalue weighted by atomic mass is 10.1. The number of benzene rings is 1. The molecule has 2 rings (SSSR count). The van der Waals surface area contributed by atoms with Gasteiger partial charge < -0.3 is 5.32 Å². The Morgan fingerprint density at radius 1 is 1.10 bits per heavy atom. The van der Waals surface area contributed by atoms with Gasteiger partial charge in [0.05, 0.1) is 10.7 Å². The van der Waals surface area contributed by atoms with Crippen LogP contribution in [0.4, 0.5) is 0 Å². The smallest absolute Gasteiger partial charge is 0.0975 e. The fourth-order valence-electron chi connectivity index (χ4n) is 2.24. The number of aryl methyl sites for hydroxylation is 1. The van der Waals surface area contributed by atoms with Gasteiger partial charge in [0.15, 0.2) is 0 Å². The van der Waals surface area contributed by atoms with E-state index in [9.17, 15) is 0 Å². The molecule has 3 heteroatoms. The van der Waals surface area contributed by atoms with Gasteiger partial charge in [-0.1, -0.05) is 57.5 Å². The Morgan fingerprint density at radius 2 is 1.76 bits per heavy atom. The molecule has 0 saturated carbocycles. The maximum Gasteiger partial charge on any atom is 0.0975 e. The van der Waals surface area contributed by atoms with Gasteiger partial charge in [-0.25, -0.2) is 4.98 Å². The fourth-order valence-corrected chi connectivity index (χ4v) is 3.45. The second kappa shape index (κ2) is 7.19. The highest BCUT2D eigenvalue weighted by Crippen LogP contribution is 2.27. The molecule has 0 saturated heterocycles. The maximum absolute atomic E-state index is 4.88. The lowest BCUT2D eigenvalue weighted by Gasteiger charge is -2.09. The van der Waals surface area contributed by atoms with Crippen molar-refractivity contribution in [1.29, 1.82) is 0 Å². The first-order valence-corrected chi connectivity index (χ1v) is 8.54. The van der Waals surface area contributed by atoms with Gasteiger partial charge >= 0.3 is 0 Å². The Morgan fingerprint density at radius 3 is 2.33 bits per heavy atom. The number of thiazole rings is 1. The Bertz CT molecular complexity index is 567. The third-order valence-corrected chi connectivity index (χ3v) is 4.54. The molecule has 0 amide bonds. The largest absolute Gasteiger partial charge is 0.310 e. The van der Waals surface area contributed by atoms with Crippen LogP contribution in [-0.2, 0) is 13.0 Å². The molecule has 1 N–H and O–H groups in total. The molecule has 0 spiro atoms. The molecule has 1 heterocycles. The molecule has 0 aliphatic carbocycles.